The fourth-order valence-corrected chi connectivity index (χ4v) is 5.12. The van der Waals surface area contributed by atoms with E-state index in [0.717, 1.165) is 41.2 Å². The number of ether oxygens (including phenoxy) is 1. The molecule has 2 atom stereocenters. The molecule has 0 spiro atoms. The smallest absolute Gasteiger partial charge is 0.237 e. The molecule has 0 bridgehead atoms. The highest BCUT2D eigenvalue weighted by Gasteiger charge is 2.29. The van der Waals surface area contributed by atoms with E-state index in [0.29, 0.717) is 5.69 Å². The summed E-state index contributed by atoms with van der Waals surface area (Å²) in [5, 5.41) is 15.2. The summed E-state index contributed by atoms with van der Waals surface area (Å²) in [5.41, 5.74) is 1.39. The van der Waals surface area contributed by atoms with Crippen molar-refractivity contribution in [2.45, 2.75) is 42.7 Å². The van der Waals surface area contributed by atoms with Gasteiger partial charge in [-0.3, -0.25) is 9.59 Å². The summed E-state index contributed by atoms with van der Waals surface area (Å²) in [7, 11) is 0. The largest absolute Gasteiger partial charge is 0.376 e. The molecule has 2 aliphatic heterocycles. The van der Waals surface area contributed by atoms with Gasteiger partial charge >= 0.3 is 0 Å². The topological polar surface area (TPSA) is 96.5 Å². The van der Waals surface area contributed by atoms with Crippen LogP contribution in [0.25, 0.3) is 0 Å². The molecule has 2 N–H and O–H groups in total. The number of carbonyl (C=O) groups excluding carboxylic acids is 2. The first-order chi connectivity index (χ1) is 14.1. The quantitative estimate of drug-likeness (QED) is 0.676. The number of nitrogens with one attached hydrogen (secondary N) is 2. The molecule has 8 nitrogen and oxygen atoms in total. The Balaban J connectivity index is 1.37. The van der Waals surface area contributed by atoms with Gasteiger partial charge in [-0.05, 0) is 31.9 Å². The van der Waals surface area contributed by atoms with Crippen molar-refractivity contribution >= 4 is 51.4 Å². The fourth-order valence-electron chi connectivity index (χ4n) is 3.51. The molecule has 0 saturated carbocycles. The van der Waals surface area contributed by atoms with Gasteiger partial charge in [-0.1, -0.05) is 35.2 Å². The number of thioether (sulfide) groups is 1. The Hall–Kier alpha value is -2.17. The average Bonchev–Trinajstić information content (AvgIpc) is 3.35. The van der Waals surface area contributed by atoms with Gasteiger partial charge in [0.15, 0.2) is 4.34 Å². The molecule has 29 heavy (non-hydrogen) atoms. The van der Waals surface area contributed by atoms with Crippen molar-refractivity contribution in [3.8, 4) is 0 Å². The lowest BCUT2D eigenvalue weighted by atomic mass is 10.2. The molecule has 1 saturated heterocycles. The maximum absolute atomic E-state index is 13.0. The number of benzene rings is 1. The molecule has 2 amide bonds. The van der Waals surface area contributed by atoms with E-state index in [1.165, 1.54) is 23.1 Å². The van der Waals surface area contributed by atoms with Crippen LogP contribution < -0.4 is 15.5 Å². The standard InChI is InChI=1S/C19H23N5O3S2/c1-12-9-16(25)21-14-6-2-3-7-15(14)24(12)17(26)11-28-19-23-22-18(29-19)20-10-13-5-4-8-27-13/h2-3,6-7,12-13H,4-5,8-11H2,1H3,(H,20,22)(H,21,25)/t12-,13-/m1/s1. The van der Waals surface area contributed by atoms with Crippen LogP contribution in [-0.4, -0.2) is 53.1 Å². The predicted molar refractivity (Wildman–Crippen MR) is 115 cm³/mol. The van der Waals surface area contributed by atoms with E-state index in [1.807, 2.05) is 31.2 Å². The maximum atomic E-state index is 13.0. The van der Waals surface area contributed by atoms with Gasteiger partial charge < -0.3 is 20.3 Å². The lowest BCUT2D eigenvalue weighted by Gasteiger charge is -2.27. The van der Waals surface area contributed by atoms with Crippen molar-refractivity contribution in [1.82, 2.24) is 10.2 Å². The van der Waals surface area contributed by atoms with Crippen LogP contribution in [0.5, 0.6) is 0 Å². The molecule has 0 aliphatic carbocycles. The van der Waals surface area contributed by atoms with E-state index in [4.69, 9.17) is 4.74 Å². The van der Waals surface area contributed by atoms with Gasteiger partial charge in [0.05, 0.1) is 23.2 Å². The highest BCUT2D eigenvalue weighted by Crippen LogP contribution is 2.33. The third-order valence-electron chi connectivity index (χ3n) is 4.86. The molecule has 3 heterocycles. The van der Waals surface area contributed by atoms with Crippen LogP contribution in [0.15, 0.2) is 28.6 Å². The summed E-state index contributed by atoms with van der Waals surface area (Å²) < 4.78 is 6.33. The SMILES string of the molecule is C[C@@H]1CC(=O)Nc2ccccc2N1C(=O)CSc1nnc(NC[C@H]2CCCO2)s1. The number of para-hydroxylation sites is 2. The molecule has 4 rings (SSSR count). The predicted octanol–water partition coefficient (Wildman–Crippen LogP) is 2.99. The molecule has 154 valence electrons. The van der Waals surface area contributed by atoms with E-state index in [-0.39, 0.29) is 36.1 Å². The minimum atomic E-state index is -0.218. The zero-order valence-electron chi connectivity index (χ0n) is 16.1. The number of hydrogen-bond acceptors (Lipinski definition) is 8. The van der Waals surface area contributed by atoms with E-state index < -0.39 is 0 Å². The van der Waals surface area contributed by atoms with Crippen molar-refractivity contribution in [2.24, 2.45) is 0 Å². The van der Waals surface area contributed by atoms with Crippen LogP contribution in [-0.2, 0) is 14.3 Å². The van der Waals surface area contributed by atoms with Crippen LogP contribution >= 0.6 is 23.1 Å². The second-order valence-electron chi connectivity index (χ2n) is 7.06. The van der Waals surface area contributed by atoms with Gasteiger partial charge in [0.2, 0.25) is 16.9 Å². The van der Waals surface area contributed by atoms with Crippen molar-refractivity contribution in [3.63, 3.8) is 0 Å². The van der Waals surface area contributed by atoms with Gasteiger partial charge in [-0.2, -0.15) is 0 Å². The number of anilines is 3. The molecule has 0 unspecified atom stereocenters. The average molecular weight is 434 g/mol. The Labute approximate surface area is 177 Å². The number of amides is 2. The number of rotatable bonds is 6. The van der Waals surface area contributed by atoms with Gasteiger partial charge in [-0.25, -0.2) is 0 Å². The molecule has 1 aromatic heterocycles. The third kappa shape index (κ3) is 4.88. The molecular formula is C19H23N5O3S2. The highest BCUT2D eigenvalue weighted by molar-refractivity contribution is 8.01. The van der Waals surface area contributed by atoms with Gasteiger partial charge in [-0.15, -0.1) is 10.2 Å². The number of nitrogens with zero attached hydrogens (tertiary/aromatic N) is 3. The van der Waals surface area contributed by atoms with Crippen LogP contribution in [0.4, 0.5) is 16.5 Å². The first kappa shape index (κ1) is 20.1. The van der Waals surface area contributed by atoms with E-state index in [9.17, 15) is 9.59 Å². The van der Waals surface area contributed by atoms with Crippen LogP contribution in [0.2, 0.25) is 0 Å². The Morgan fingerprint density at radius 3 is 3.10 bits per heavy atom. The zero-order valence-corrected chi connectivity index (χ0v) is 17.7. The van der Waals surface area contributed by atoms with Crippen molar-refractivity contribution in [3.05, 3.63) is 24.3 Å². The minimum Gasteiger partial charge on any atom is -0.376 e. The summed E-state index contributed by atoms with van der Waals surface area (Å²) >= 11 is 2.80. The summed E-state index contributed by atoms with van der Waals surface area (Å²) in [6.45, 7) is 3.44. The molecule has 2 aliphatic rings. The van der Waals surface area contributed by atoms with E-state index in [1.54, 1.807) is 4.90 Å². The Morgan fingerprint density at radius 2 is 2.28 bits per heavy atom. The minimum absolute atomic E-state index is 0.0597. The first-order valence-electron chi connectivity index (χ1n) is 9.63. The number of hydrogen-bond donors (Lipinski definition) is 2. The summed E-state index contributed by atoms with van der Waals surface area (Å²) in [6.07, 6.45) is 2.67. The molecule has 10 heteroatoms. The normalized spacial score (nSPS) is 21.4. The number of aromatic nitrogens is 2. The van der Waals surface area contributed by atoms with Gasteiger partial charge in [0.25, 0.3) is 0 Å². The zero-order chi connectivity index (χ0) is 20.2. The maximum Gasteiger partial charge on any atom is 0.237 e. The van der Waals surface area contributed by atoms with E-state index >= 15 is 0 Å². The van der Waals surface area contributed by atoms with Crippen LogP contribution in [0.1, 0.15) is 26.2 Å². The van der Waals surface area contributed by atoms with Crippen molar-refractivity contribution in [1.29, 1.82) is 0 Å². The molecule has 2 aromatic rings. The summed E-state index contributed by atoms with van der Waals surface area (Å²) in [5.74, 6) is 0.0854. The molecule has 0 radical (unpaired) electrons. The molecule has 1 fully saturated rings. The highest BCUT2D eigenvalue weighted by atomic mass is 32.2. The summed E-state index contributed by atoms with van der Waals surface area (Å²) in [4.78, 5) is 26.8. The summed E-state index contributed by atoms with van der Waals surface area (Å²) in [6, 6.07) is 7.17. The van der Waals surface area contributed by atoms with Crippen LogP contribution in [0.3, 0.4) is 0 Å². The lowest BCUT2D eigenvalue weighted by Crippen LogP contribution is -2.40. The van der Waals surface area contributed by atoms with Crippen molar-refractivity contribution < 1.29 is 14.3 Å². The number of fused-ring (bicyclic) bond motifs is 1. The lowest BCUT2D eigenvalue weighted by molar-refractivity contribution is -0.117. The third-order valence-corrected chi connectivity index (χ3v) is 6.86. The fraction of sp³-hybridized carbons (Fsp3) is 0.474. The number of carbonyl (C=O) groups is 2. The molecular weight excluding hydrogens is 410 g/mol. The van der Waals surface area contributed by atoms with E-state index in [2.05, 4.69) is 20.8 Å². The monoisotopic (exact) mass is 433 g/mol. The Kier molecular flexibility index (Phi) is 6.31. The second-order valence-corrected chi connectivity index (χ2v) is 9.26. The Morgan fingerprint density at radius 1 is 1.41 bits per heavy atom. The van der Waals surface area contributed by atoms with Gasteiger partial charge in [0, 0.05) is 25.6 Å². The van der Waals surface area contributed by atoms with Crippen molar-refractivity contribution in [2.75, 3.05) is 34.4 Å². The Bertz CT molecular complexity index is 884. The van der Waals surface area contributed by atoms with Crippen LogP contribution in [0, 0.1) is 0 Å². The molecule has 1 aromatic carbocycles. The van der Waals surface area contributed by atoms with Gasteiger partial charge in [0.1, 0.15) is 0 Å². The first-order valence-corrected chi connectivity index (χ1v) is 11.4. The second kappa shape index (κ2) is 9.10.